The molecule has 0 saturated heterocycles. The van der Waals surface area contributed by atoms with Crippen molar-refractivity contribution in [3.63, 3.8) is 0 Å². The molecule has 3 aromatic carbocycles. The molecule has 0 atom stereocenters. The molecule has 0 fully saturated rings. The molecule has 0 aliphatic heterocycles. The van der Waals surface area contributed by atoms with Gasteiger partial charge in [-0.1, -0.05) is 25.1 Å². The third kappa shape index (κ3) is 5.76. The van der Waals surface area contributed by atoms with Gasteiger partial charge in [-0.3, -0.25) is 9.52 Å². The van der Waals surface area contributed by atoms with Crippen molar-refractivity contribution in [1.82, 2.24) is 0 Å². The maximum Gasteiger partial charge on any atom is 0.262 e. The molecule has 0 radical (unpaired) electrons. The Morgan fingerprint density at radius 2 is 1.71 bits per heavy atom. The molecule has 8 heteroatoms. The monoisotopic (exact) mass is 440 g/mol. The van der Waals surface area contributed by atoms with Crippen LogP contribution in [0, 0.1) is 0 Å². The van der Waals surface area contributed by atoms with Crippen LogP contribution in [0.15, 0.2) is 77.7 Å². The normalized spacial score (nSPS) is 10.9. The molecule has 0 spiro atoms. The number of benzene rings is 3. The SMILES string of the molecule is CCCOc1ccc(C(=O)Nc2cccc(S(=O)(=O)Nc3ccccc3OC)c2)cc1. The van der Waals surface area contributed by atoms with E-state index in [4.69, 9.17) is 9.47 Å². The summed E-state index contributed by atoms with van der Waals surface area (Å²) in [7, 11) is -2.42. The van der Waals surface area contributed by atoms with Crippen molar-refractivity contribution in [3.8, 4) is 11.5 Å². The van der Waals surface area contributed by atoms with E-state index in [1.54, 1.807) is 60.7 Å². The fraction of sp³-hybridized carbons (Fsp3) is 0.174. The lowest BCUT2D eigenvalue weighted by Gasteiger charge is -2.13. The van der Waals surface area contributed by atoms with Crippen molar-refractivity contribution < 1.29 is 22.7 Å². The van der Waals surface area contributed by atoms with E-state index in [1.165, 1.54) is 19.2 Å². The van der Waals surface area contributed by atoms with Gasteiger partial charge in [-0.05, 0) is 61.0 Å². The standard InChI is InChI=1S/C23H24N2O5S/c1-3-15-30-19-13-11-17(12-14-19)23(26)24-18-7-6-8-20(16-18)31(27,28)25-21-9-4-5-10-22(21)29-2/h4-14,16,25H,3,15H2,1-2H3,(H,24,26). The minimum Gasteiger partial charge on any atom is -0.495 e. The highest BCUT2D eigenvalue weighted by molar-refractivity contribution is 7.92. The van der Waals surface area contributed by atoms with Crippen LogP contribution < -0.4 is 19.5 Å². The molecule has 1 amide bonds. The van der Waals surface area contributed by atoms with Crippen LogP contribution in [0.3, 0.4) is 0 Å². The van der Waals surface area contributed by atoms with Gasteiger partial charge in [-0.2, -0.15) is 0 Å². The first kappa shape index (κ1) is 22.2. The predicted octanol–water partition coefficient (Wildman–Crippen LogP) is 4.54. The Morgan fingerprint density at radius 1 is 0.968 bits per heavy atom. The third-order valence-corrected chi connectivity index (χ3v) is 5.71. The molecule has 0 unspecified atom stereocenters. The minimum absolute atomic E-state index is 0.0134. The van der Waals surface area contributed by atoms with E-state index in [-0.39, 0.29) is 10.8 Å². The smallest absolute Gasteiger partial charge is 0.262 e. The fourth-order valence-corrected chi connectivity index (χ4v) is 3.92. The van der Waals surface area contributed by atoms with Crippen molar-refractivity contribution in [3.05, 3.63) is 78.4 Å². The average molecular weight is 441 g/mol. The summed E-state index contributed by atoms with van der Waals surface area (Å²) in [5, 5.41) is 2.72. The van der Waals surface area contributed by atoms with Gasteiger partial charge in [-0.25, -0.2) is 8.42 Å². The quantitative estimate of drug-likeness (QED) is 0.510. The summed E-state index contributed by atoms with van der Waals surface area (Å²) < 4.78 is 38.8. The highest BCUT2D eigenvalue weighted by Gasteiger charge is 2.17. The average Bonchev–Trinajstić information content (AvgIpc) is 2.78. The first-order chi connectivity index (χ1) is 14.9. The van der Waals surface area contributed by atoms with Crippen LogP contribution >= 0.6 is 0 Å². The summed E-state index contributed by atoms with van der Waals surface area (Å²) in [4.78, 5) is 12.6. The van der Waals surface area contributed by atoms with E-state index in [1.807, 2.05) is 6.92 Å². The zero-order chi connectivity index (χ0) is 22.3. The van der Waals surface area contributed by atoms with E-state index in [9.17, 15) is 13.2 Å². The van der Waals surface area contributed by atoms with Crippen LogP contribution in [0.4, 0.5) is 11.4 Å². The molecule has 0 bridgehead atoms. The number of hydrogen-bond donors (Lipinski definition) is 2. The minimum atomic E-state index is -3.88. The van der Waals surface area contributed by atoms with Crippen molar-refractivity contribution in [2.45, 2.75) is 18.2 Å². The zero-order valence-electron chi connectivity index (χ0n) is 17.3. The number of nitrogens with one attached hydrogen (secondary N) is 2. The van der Waals surface area contributed by atoms with Crippen molar-refractivity contribution in [2.24, 2.45) is 0 Å². The molecule has 3 rings (SSSR count). The lowest BCUT2D eigenvalue weighted by atomic mass is 10.2. The number of carbonyl (C=O) groups excluding carboxylic acids is 1. The second-order valence-corrected chi connectivity index (χ2v) is 8.34. The Bertz CT molecular complexity index is 1140. The molecular formula is C23H24N2O5S. The predicted molar refractivity (Wildman–Crippen MR) is 120 cm³/mol. The summed E-state index contributed by atoms with van der Waals surface area (Å²) in [6.07, 6.45) is 0.896. The summed E-state index contributed by atoms with van der Waals surface area (Å²) >= 11 is 0. The molecule has 162 valence electrons. The van der Waals surface area contributed by atoms with Gasteiger partial charge in [0, 0.05) is 11.3 Å². The Morgan fingerprint density at radius 3 is 2.42 bits per heavy atom. The molecule has 2 N–H and O–H groups in total. The van der Waals surface area contributed by atoms with Crippen molar-refractivity contribution >= 4 is 27.3 Å². The Kier molecular flexibility index (Phi) is 7.15. The number of anilines is 2. The molecule has 0 aromatic heterocycles. The Labute approximate surface area is 182 Å². The summed E-state index contributed by atoms with van der Waals surface area (Å²) in [6.45, 7) is 2.62. The van der Waals surface area contributed by atoms with Crippen molar-refractivity contribution in [2.75, 3.05) is 23.8 Å². The van der Waals surface area contributed by atoms with E-state index >= 15 is 0 Å². The van der Waals surface area contributed by atoms with Crippen LogP contribution in [-0.4, -0.2) is 28.0 Å². The van der Waals surface area contributed by atoms with Crippen molar-refractivity contribution in [1.29, 1.82) is 0 Å². The molecule has 3 aromatic rings. The second kappa shape index (κ2) is 9.99. The van der Waals surface area contributed by atoms with Gasteiger partial charge < -0.3 is 14.8 Å². The van der Waals surface area contributed by atoms with Gasteiger partial charge in [0.1, 0.15) is 11.5 Å². The van der Waals surface area contributed by atoms with Gasteiger partial charge in [0.15, 0.2) is 0 Å². The van der Waals surface area contributed by atoms with Crippen LogP contribution in [0.2, 0.25) is 0 Å². The number of sulfonamides is 1. The molecule has 0 aliphatic carbocycles. The van der Waals surface area contributed by atoms with Crippen LogP contribution in [-0.2, 0) is 10.0 Å². The number of ether oxygens (including phenoxy) is 2. The molecule has 0 saturated carbocycles. The number of hydrogen-bond acceptors (Lipinski definition) is 5. The summed E-state index contributed by atoms with van der Waals surface area (Å²) in [5.74, 6) is 0.741. The van der Waals surface area contributed by atoms with E-state index in [2.05, 4.69) is 10.0 Å². The topological polar surface area (TPSA) is 93.7 Å². The molecule has 0 aliphatic rings. The Balaban J connectivity index is 1.74. The number of rotatable bonds is 9. The summed E-state index contributed by atoms with van der Waals surface area (Å²) in [6, 6.07) is 19.5. The number of methoxy groups -OCH3 is 1. The lowest BCUT2D eigenvalue weighted by Crippen LogP contribution is -2.15. The maximum absolute atomic E-state index is 12.8. The second-order valence-electron chi connectivity index (χ2n) is 6.66. The van der Waals surface area contributed by atoms with Gasteiger partial charge in [-0.15, -0.1) is 0 Å². The first-order valence-electron chi connectivity index (χ1n) is 9.73. The zero-order valence-corrected chi connectivity index (χ0v) is 18.1. The first-order valence-corrected chi connectivity index (χ1v) is 11.2. The molecule has 31 heavy (non-hydrogen) atoms. The van der Waals surface area contributed by atoms with E-state index in [0.29, 0.717) is 35.0 Å². The lowest BCUT2D eigenvalue weighted by molar-refractivity contribution is 0.102. The maximum atomic E-state index is 12.8. The number of amides is 1. The van der Waals surface area contributed by atoms with Gasteiger partial charge in [0.2, 0.25) is 0 Å². The van der Waals surface area contributed by atoms with E-state index in [0.717, 1.165) is 6.42 Å². The van der Waals surface area contributed by atoms with Crippen LogP contribution in [0.1, 0.15) is 23.7 Å². The van der Waals surface area contributed by atoms with Gasteiger partial charge in [0.25, 0.3) is 15.9 Å². The molecule has 0 heterocycles. The van der Waals surface area contributed by atoms with Crippen LogP contribution in [0.25, 0.3) is 0 Å². The Hall–Kier alpha value is -3.52. The summed E-state index contributed by atoms with van der Waals surface area (Å²) in [5.41, 5.74) is 1.12. The van der Waals surface area contributed by atoms with Crippen LogP contribution in [0.5, 0.6) is 11.5 Å². The molecular weight excluding hydrogens is 416 g/mol. The fourth-order valence-electron chi connectivity index (χ4n) is 2.80. The highest BCUT2D eigenvalue weighted by Crippen LogP contribution is 2.27. The number of carbonyl (C=O) groups is 1. The molecule has 7 nitrogen and oxygen atoms in total. The third-order valence-electron chi connectivity index (χ3n) is 4.34. The number of para-hydroxylation sites is 2. The van der Waals surface area contributed by atoms with Gasteiger partial charge >= 0.3 is 0 Å². The van der Waals surface area contributed by atoms with Gasteiger partial charge in [0.05, 0.1) is 24.3 Å². The highest BCUT2D eigenvalue weighted by atomic mass is 32.2. The largest absolute Gasteiger partial charge is 0.495 e. The van der Waals surface area contributed by atoms with E-state index < -0.39 is 10.0 Å².